The van der Waals surface area contributed by atoms with Crippen LogP contribution in [0, 0.1) is 0 Å². The van der Waals surface area contributed by atoms with Crippen LogP contribution in [-0.4, -0.2) is 73.2 Å². The minimum atomic E-state index is -3.29. The number of amides is 1. The first-order chi connectivity index (χ1) is 10.2. The summed E-state index contributed by atoms with van der Waals surface area (Å²) in [6.45, 7) is 0.872. The maximum absolute atomic E-state index is 11.8. The second kappa shape index (κ2) is 6.35. The van der Waals surface area contributed by atoms with Crippen LogP contribution in [0.3, 0.4) is 0 Å². The Labute approximate surface area is 130 Å². The zero-order valence-electron chi connectivity index (χ0n) is 13.3. The smallest absolute Gasteiger partial charge is 0.248 e. The van der Waals surface area contributed by atoms with Gasteiger partial charge in [-0.3, -0.25) is 4.79 Å². The van der Waals surface area contributed by atoms with Crippen LogP contribution in [0.5, 0.6) is 0 Å². The molecule has 0 saturated carbocycles. The third-order valence-corrected chi connectivity index (χ3v) is 4.93. The molecule has 0 aromatic carbocycles. The van der Waals surface area contributed by atoms with Crippen LogP contribution in [0.1, 0.15) is 17.3 Å². The number of carbonyl (C=O) groups excluding carboxylic acids is 1. The Bertz CT molecular complexity index is 653. The van der Waals surface area contributed by atoms with Gasteiger partial charge in [-0.15, -0.1) is 0 Å². The molecule has 1 amide bonds. The van der Waals surface area contributed by atoms with E-state index in [4.69, 9.17) is 4.74 Å². The molecule has 2 rings (SSSR count). The Balaban J connectivity index is 2.11. The Kier molecular flexibility index (Phi) is 4.88. The highest BCUT2D eigenvalue weighted by Crippen LogP contribution is 2.28. The van der Waals surface area contributed by atoms with Crippen LogP contribution in [0.4, 0.5) is 0 Å². The van der Waals surface area contributed by atoms with Crippen molar-refractivity contribution in [3.8, 4) is 0 Å². The fourth-order valence-electron chi connectivity index (χ4n) is 2.50. The predicted octanol–water partition coefficient (Wildman–Crippen LogP) is -0.616. The van der Waals surface area contributed by atoms with Crippen LogP contribution in [0.2, 0.25) is 0 Å². The molecule has 9 heteroatoms. The molecule has 0 aliphatic carbocycles. The van der Waals surface area contributed by atoms with E-state index in [1.54, 1.807) is 20.4 Å². The number of carbonyl (C=O) groups is 1. The molecule has 0 unspecified atom stereocenters. The summed E-state index contributed by atoms with van der Waals surface area (Å²) in [7, 11) is 1.91. The SMILES string of the molecule is CN(C)C(=O)COC[C@@H]1CN(S(C)(=O)=O)Cc2ncn(C)c21. The van der Waals surface area contributed by atoms with Gasteiger partial charge in [0.2, 0.25) is 15.9 Å². The summed E-state index contributed by atoms with van der Waals surface area (Å²) in [4.78, 5) is 17.3. The van der Waals surface area contributed by atoms with Crippen LogP contribution in [-0.2, 0) is 33.1 Å². The monoisotopic (exact) mass is 330 g/mol. The fraction of sp³-hybridized carbons (Fsp3) is 0.692. The molecular weight excluding hydrogens is 308 g/mol. The van der Waals surface area contributed by atoms with Gasteiger partial charge >= 0.3 is 0 Å². The molecule has 0 bridgehead atoms. The van der Waals surface area contributed by atoms with Gasteiger partial charge in [-0.25, -0.2) is 13.4 Å². The highest BCUT2D eigenvalue weighted by molar-refractivity contribution is 7.88. The van der Waals surface area contributed by atoms with Crippen molar-refractivity contribution in [2.45, 2.75) is 12.5 Å². The summed E-state index contributed by atoms with van der Waals surface area (Å²) in [5.41, 5.74) is 1.71. The van der Waals surface area contributed by atoms with E-state index in [1.165, 1.54) is 15.5 Å². The molecule has 1 aromatic rings. The Morgan fingerprint density at radius 3 is 2.77 bits per heavy atom. The van der Waals surface area contributed by atoms with E-state index in [-0.39, 0.29) is 31.6 Å². The lowest BCUT2D eigenvalue weighted by Gasteiger charge is -2.31. The van der Waals surface area contributed by atoms with Crippen LogP contribution < -0.4 is 0 Å². The summed E-state index contributed by atoms with van der Waals surface area (Å²) in [5, 5.41) is 0. The number of ether oxygens (including phenoxy) is 1. The number of imidazole rings is 1. The van der Waals surface area contributed by atoms with Crippen molar-refractivity contribution in [1.29, 1.82) is 0 Å². The van der Waals surface area contributed by atoms with Crippen LogP contribution >= 0.6 is 0 Å². The number of hydrogen-bond donors (Lipinski definition) is 0. The first kappa shape index (κ1) is 16.9. The van der Waals surface area contributed by atoms with Crippen LogP contribution in [0.25, 0.3) is 0 Å². The highest BCUT2D eigenvalue weighted by atomic mass is 32.2. The lowest BCUT2D eigenvalue weighted by atomic mass is 10.0. The van der Waals surface area contributed by atoms with Gasteiger partial charge in [0, 0.05) is 39.3 Å². The summed E-state index contributed by atoms with van der Waals surface area (Å²) in [6.07, 6.45) is 2.86. The van der Waals surface area contributed by atoms with Gasteiger partial charge in [-0.05, 0) is 0 Å². The number of sulfonamides is 1. The van der Waals surface area contributed by atoms with E-state index >= 15 is 0 Å². The Hall–Kier alpha value is -1.45. The van der Waals surface area contributed by atoms with E-state index in [2.05, 4.69) is 4.98 Å². The molecule has 0 radical (unpaired) electrons. The normalized spacial score (nSPS) is 19.0. The summed E-state index contributed by atoms with van der Waals surface area (Å²) < 4.78 is 32.4. The van der Waals surface area contributed by atoms with Crippen molar-refractivity contribution in [3.63, 3.8) is 0 Å². The van der Waals surface area contributed by atoms with Crippen LogP contribution in [0.15, 0.2) is 6.33 Å². The zero-order valence-corrected chi connectivity index (χ0v) is 14.1. The maximum atomic E-state index is 11.8. The standard InChI is InChI=1S/C13H22N4O4S/c1-15(2)12(18)8-21-7-10-5-17(22(4,19)20)6-11-13(10)16(3)9-14-11/h9-10H,5-8H2,1-4H3/t10-/m0/s1. The molecule has 124 valence electrons. The lowest BCUT2D eigenvalue weighted by molar-refractivity contribution is -0.133. The quantitative estimate of drug-likeness (QED) is 0.719. The minimum Gasteiger partial charge on any atom is -0.371 e. The molecule has 0 saturated heterocycles. The van der Waals surface area contributed by atoms with Crippen molar-refractivity contribution < 1.29 is 17.9 Å². The van der Waals surface area contributed by atoms with E-state index in [0.717, 1.165) is 11.4 Å². The molecule has 0 fully saturated rings. The molecule has 1 aliphatic heterocycles. The zero-order chi connectivity index (χ0) is 16.5. The Morgan fingerprint density at radius 1 is 1.50 bits per heavy atom. The molecule has 22 heavy (non-hydrogen) atoms. The van der Waals surface area contributed by atoms with Crippen molar-refractivity contribution in [1.82, 2.24) is 18.8 Å². The summed E-state index contributed by atoms with van der Waals surface area (Å²) >= 11 is 0. The van der Waals surface area contributed by atoms with E-state index < -0.39 is 10.0 Å². The molecule has 1 aliphatic rings. The number of hydrogen-bond acceptors (Lipinski definition) is 5. The second-order valence-corrected chi connectivity index (χ2v) is 7.73. The molecule has 1 atom stereocenters. The number of nitrogens with zero attached hydrogens (tertiary/aromatic N) is 4. The third-order valence-electron chi connectivity index (χ3n) is 3.71. The van der Waals surface area contributed by atoms with Crippen molar-refractivity contribution in [2.75, 3.05) is 40.1 Å². The van der Waals surface area contributed by atoms with Gasteiger partial charge in [-0.1, -0.05) is 0 Å². The summed E-state index contributed by atoms with van der Waals surface area (Å²) in [5.74, 6) is -0.262. The molecule has 1 aromatic heterocycles. The van der Waals surface area contributed by atoms with Crippen molar-refractivity contribution in [2.24, 2.45) is 7.05 Å². The molecule has 0 N–H and O–H groups in total. The average molecular weight is 330 g/mol. The van der Waals surface area contributed by atoms with Gasteiger partial charge in [0.15, 0.2) is 0 Å². The van der Waals surface area contributed by atoms with Gasteiger partial charge in [0.25, 0.3) is 0 Å². The number of fused-ring (bicyclic) bond motifs is 1. The van der Waals surface area contributed by atoms with E-state index in [0.29, 0.717) is 6.54 Å². The topological polar surface area (TPSA) is 84.7 Å². The average Bonchev–Trinajstić information content (AvgIpc) is 2.79. The second-order valence-electron chi connectivity index (χ2n) is 5.74. The van der Waals surface area contributed by atoms with Gasteiger partial charge in [0.05, 0.1) is 31.4 Å². The molecule has 2 heterocycles. The Morgan fingerprint density at radius 2 is 2.18 bits per heavy atom. The first-order valence-electron chi connectivity index (χ1n) is 6.93. The summed E-state index contributed by atoms with van der Waals surface area (Å²) in [6, 6.07) is 0. The first-order valence-corrected chi connectivity index (χ1v) is 8.78. The number of rotatable bonds is 5. The molecule has 0 spiro atoms. The van der Waals surface area contributed by atoms with Crippen molar-refractivity contribution >= 4 is 15.9 Å². The lowest BCUT2D eigenvalue weighted by Crippen LogP contribution is -2.40. The predicted molar refractivity (Wildman–Crippen MR) is 80.7 cm³/mol. The van der Waals surface area contributed by atoms with Crippen molar-refractivity contribution in [3.05, 3.63) is 17.7 Å². The number of aryl methyl sites for hydroxylation is 1. The van der Waals surface area contributed by atoms with Gasteiger partial charge < -0.3 is 14.2 Å². The minimum absolute atomic E-state index is 0.0183. The third kappa shape index (κ3) is 3.65. The molecular formula is C13H22N4O4S. The number of aromatic nitrogens is 2. The molecule has 8 nitrogen and oxygen atoms in total. The largest absolute Gasteiger partial charge is 0.371 e. The number of likely N-dealkylation sites (N-methyl/N-ethyl adjacent to an activating group) is 1. The van der Waals surface area contributed by atoms with E-state index in [1.807, 2.05) is 11.6 Å². The van der Waals surface area contributed by atoms with Gasteiger partial charge in [0.1, 0.15) is 6.61 Å². The van der Waals surface area contributed by atoms with E-state index in [9.17, 15) is 13.2 Å². The maximum Gasteiger partial charge on any atom is 0.248 e. The van der Waals surface area contributed by atoms with Gasteiger partial charge in [-0.2, -0.15) is 4.31 Å². The highest BCUT2D eigenvalue weighted by Gasteiger charge is 2.33. The fourth-order valence-corrected chi connectivity index (χ4v) is 3.31.